The van der Waals surface area contributed by atoms with E-state index < -0.39 is 49.5 Å². The average molecular weight is 738 g/mol. The van der Waals surface area contributed by atoms with Crippen LogP contribution in [0.15, 0.2) is 36.5 Å². The molecular formula is C43H79NO8. The second kappa shape index (κ2) is 33.9. The van der Waals surface area contributed by atoms with Crippen LogP contribution in [-0.2, 0) is 14.3 Å². The predicted molar refractivity (Wildman–Crippen MR) is 212 cm³/mol. The van der Waals surface area contributed by atoms with Gasteiger partial charge in [-0.1, -0.05) is 147 Å². The van der Waals surface area contributed by atoms with E-state index in [9.17, 15) is 30.3 Å². The summed E-state index contributed by atoms with van der Waals surface area (Å²) < 4.78 is 11.2. The number of carbonyl (C=O) groups is 1. The van der Waals surface area contributed by atoms with E-state index in [-0.39, 0.29) is 12.5 Å². The highest BCUT2D eigenvalue weighted by Crippen LogP contribution is 2.22. The number of aliphatic hydroxyl groups excluding tert-OH is 5. The van der Waals surface area contributed by atoms with E-state index in [1.165, 1.54) is 103 Å². The number of carbonyl (C=O) groups excluding carboxylic acids is 1. The molecule has 52 heavy (non-hydrogen) atoms. The first-order chi connectivity index (χ1) is 25.3. The first-order valence-electron chi connectivity index (χ1n) is 21.2. The van der Waals surface area contributed by atoms with Crippen LogP contribution >= 0.6 is 0 Å². The maximum absolute atomic E-state index is 12.9. The van der Waals surface area contributed by atoms with Crippen molar-refractivity contribution >= 4 is 5.91 Å². The molecule has 6 N–H and O–H groups in total. The molecule has 1 saturated heterocycles. The molecule has 0 aromatic carbocycles. The molecule has 9 nitrogen and oxygen atoms in total. The minimum atomic E-state index is -1.57. The fourth-order valence-electron chi connectivity index (χ4n) is 6.46. The van der Waals surface area contributed by atoms with Crippen LogP contribution in [0.2, 0.25) is 0 Å². The van der Waals surface area contributed by atoms with Gasteiger partial charge in [0.15, 0.2) is 6.29 Å². The molecule has 0 aromatic rings. The van der Waals surface area contributed by atoms with Gasteiger partial charge in [-0.25, -0.2) is 0 Å². The van der Waals surface area contributed by atoms with Gasteiger partial charge in [0.25, 0.3) is 0 Å². The van der Waals surface area contributed by atoms with Crippen LogP contribution < -0.4 is 5.32 Å². The van der Waals surface area contributed by atoms with Crippen LogP contribution in [0.5, 0.6) is 0 Å². The summed E-state index contributed by atoms with van der Waals surface area (Å²) in [5, 5.41) is 54.0. The molecule has 9 heteroatoms. The fourth-order valence-corrected chi connectivity index (χ4v) is 6.46. The van der Waals surface area contributed by atoms with E-state index in [1.54, 1.807) is 6.08 Å². The number of aliphatic hydroxyl groups is 5. The molecule has 1 rings (SSSR count). The SMILES string of the molecule is CCCCCCCC/C=C\CCCCCC(=O)NC(COC1OC(CO)C(O)C(O)C1O)C(O)/C=C/CC/C=C/CCCCCCCCCCCC. The van der Waals surface area contributed by atoms with Crippen molar-refractivity contribution in [1.29, 1.82) is 0 Å². The summed E-state index contributed by atoms with van der Waals surface area (Å²) >= 11 is 0. The van der Waals surface area contributed by atoms with Crippen molar-refractivity contribution in [2.24, 2.45) is 0 Å². The zero-order valence-electron chi connectivity index (χ0n) is 33.1. The predicted octanol–water partition coefficient (Wildman–Crippen LogP) is 8.11. The quantitative estimate of drug-likeness (QED) is 0.0287. The molecule has 1 aliphatic rings. The van der Waals surface area contributed by atoms with Crippen LogP contribution in [-0.4, -0.2) is 87.5 Å². The van der Waals surface area contributed by atoms with Gasteiger partial charge in [-0.3, -0.25) is 4.79 Å². The number of allylic oxidation sites excluding steroid dienone is 5. The molecule has 1 amide bonds. The van der Waals surface area contributed by atoms with Gasteiger partial charge in [0.1, 0.15) is 24.4 Å². The van der Waals surface area contributed by atoms with Gasteiger partial charge in [0.05, 0.1) is 25.4 Å². The Bertz CT molecular complexity index is 910. The highest BCUT2D eigenvalue weighted by atomic mass is 16.7. The average Bonchev–Trinajstić information content (AvgIpc) is 3.14. The van der Waals surface area contributed by atoms with Gasteiger partial charge in [-0.15, -0.1) is 0 Å². The molecule has 304 valence electrons. The van der Waals surface area contributed by atoms with Gasteiger partial charge in [-0.2, -0.15) is 0 Å². The topological polar surface area (TPSA) is 149 Å². The van der Waals surface area contributed by atoms with E-state index in [0.717, 1.165) is 51.4 Å². The normalized spacial score (nSPS) is 22.2. The van der Waals surface area contributed by atoms with E-state index in [1.807, 2.05) is 6.08 Å². The summed E-state index contributed by atoms with van der Waals surface area (Å²) in [5.41, 5.74) is 0. The second-order valence-corrected chi connectivity index (χ2v) is 14.8. The maximum atomic E-state index is 12.9. The Balaban J connectivity index is 2.45. The zero-order chi connectivity index (χ0) is 38.1. The number of ether oxygens (including phenoxy) is 2. The lowest BCUT2D eigenvalue weighted by Crippen LogP contribution is -2.60. The summed E-state index contributed by atoms with van der Waals surface area (Å²) in [4.78, 5) is 12.9. The van der Waals surface area contributed by atoms with Gasteiger partial charge in [0, 0.05) is 6.42 Å². The van der Waals surface area contributed by atoms with E-state index in [0.29, 0.717) is 6.42 Å². The smallest absolute Gasteiger partial charge is 0.220 e. The third-order valence-corrected chi connectivity index (χ3v) is 9.94. The summed E-state index contributed by atoms with van der Waals surface area (Å²) in [7, 11) is 0. The van der Waals surface area contributed by atoms with Gasteiger partial charge in [0.2, 0.25) is 5.91 Å². The Labute approximate surface area is 317 Å². The standard InChI is InChI=1S/C43H79NO8/c1-3-5-7-9-11-13-15-17-18-19-21-22-24-26-28-30-32-37(46)36(35-51-43-42(50)41(49)40(48)38(34-45)52-43)44-39(47)33-31-29-27-25-23-20-16-14-12-10-8-6-4-2/h20,22-24,30,32,36-38,40-43,45-46,48-50H,3-19,21,25-29,31,33-35H2,1-2H3,(H,44,47)/b23-20-,24-22+,32-30+. The Kier molecular flexibility index (Phi) is 31.6. The molecule has 0 spiro atoms. The van der Waals surface area contributed by atoms with Crippen molar-refractivity contribution in [3.05, 3.63) is 36.5 Å². The second-order valence-electron chi connectivity index (χ2n) is 14.8. The van der Waals surface area contributed by atoms with Gasteiger partial charge in [-0.05, 0) is 57.8 Å². The van der Waals surface area contributed by atoms with Crippen molar-refractivity contribution in [1.82, 2.24) is 5.32 Å². The minimum Gasteiger partial charge on any atom is -0.394 e. The maximum Gasteiger partial charge on any atom is 0.220 e. The molecule has 1 fully saturated rings. The Morgan fingerprint density at radius 1 is 0.635 bits per heavy atom. The molecule has 1 heterocycles. The number of rotatable bonds is 34. The van der Waals surface area contributed by atoms with Crippen LogP contribution in [0.25, 0.3) is 0 Å². The summed E-state index contributed by atoms with van der Waals surface area (Å²) in [5.74, 6) is -0.205. The fraction of sp³-hybridized carbons (Fsp3) is 0.837. The summed E-state index contributed by atoms with van der Waals surface area (Å²) in [6.45, 7) is 3.72. The Morgan fingerprint density at radius 2 is 1.10 bits per heavy atom. The van der Waals surface area contributed by atoms with E-state index in [2.05, 4.69) is 43.5 Å². The molecule has 0 aromatic heterocycles. The van der Waals surface area contributed by atoms with Crippen molar-refractivity contribution in [3.8, 4) is 0 Å². The molecule has 0 bridgehead atoms. The molecule has 0 radical (unpaired) electrons. The first kappa shape index (κ1) is 48.4. The summed E-state index contributed by atoms with van der Waals surface area (Å²) in [6.07, 6.45) is 33.3. The zero-order valence-corrected chi connectivity index (χ0v) is 33.1. The highest BCUT2D eigenvalue weighted by molar-refractivity contribution is 5.76. The van der Waals surface area contributed by atoms with Crippen LogP contribution in [0.1, 0.15) is 174 Å². The van der Waals surface area contributed by atoms with Gasteiger partial charge < -0.3 is 40.3 Å². The number of hydrogen-bond donors (Lipinski definition) is 6. The monoisotopic (exact) mass is 738 g/mol. The molecule has 0 aliphatic carbocycles. The molecule has 7 unspecified atom stereocenters. The Hall–Kier alpha value is -1.59. The van der Waals surface area contributed by atoms with Crippen molar-refractivity contribution < 1.29 is 39.8 Å². The van der Waals surface area contributed by atoms with Crippen LogP contribution in [0.4, 0.5) is 0 Å². The number of nitrogens with one attached hydrogen (secondary N) is 1. The van der Waals surface area contributed by atoms with Crippen LogP contribution in [0, 0.1) is 0 Å². The molecule has 1 aliphatic heterocycles. The lowest BCUT2D eigenvalue weighted by Gasteiger charge is -2.40. The number of hydrogen-bond acceptors (Lipinski definition) is 8. The van der Waals surface area contributed by atoms with Crippen LogP contribution in [0.3, 0.4) is 0 Å². The van der Waals surface area contributed by atoms with E-state index in [4.69, 9.17) is 9.47 Å². The van der Waals surface area contributed by atoms with Crippen molar-refractivity contribution in [2.45, 2.75) is 217 Å². The molecule has 0 saturated carbocycles. The van der Waals surface area contributed by atoms with Crippen molar-refractivity contribution in [2.75, 3.05) is 13.2 Å². The molecule has 7 atom stereocenters. The molecular weight excluding hydrogens is 658 g/mol. The highest BCUT2D eigenvalue weighted by Gasteiger charge is 2.44. The summed E-state index contributed by atoms with van der Waals surface area (Å²) in [6, 6.07) is -0.826. The first-order valence-corrected chi connectivity index (χ1v) is 21.2. The largest absolute Gasteiger partial charge is 0.394 e. The minimum absolute atomic E-state index is 0.205. The van der Waals surface area contributed by atoms with Crippen molar-refractivity contribution in [3.63, 3.8) is 0 Å². The number of amides is 1. The lowest BCUT2D eigenvalue weighted by atomic mass is 9.99. The number of unbranched alkanes of at least 4 members (excludes halogenated alkanes) is 20. The third kappa shape index (κ3) is 24.7. The van der Waals surface area contributed by atoms with E-state index >= 15 is 0 Å². The van der Waals surface area contributed by atoms with Gasteiger partial charge >= 0.3 is 0 Å². The third-order valence-electron chi connectivity index (χ3n) is 9.94. The lowest BCUT2D eigenvalue weighted by molar-refractivity contribution is -0.302. The Morgan fingerprint density at radius 3 is 1.62 bits per heavy atom.